The van der Waals surface area contributed by atoms with Crippen molar-refractivity contribution in [1.29, 1.82) is 0 Å². The Labute approximate surface area is 102 Å². The van der Waals surface area contributed by atoms with Crippen LogP contribution in [0.1, 0.15) is 28.9 Å². The summed E-state index contributed by atoms with van der Waals surface area (Å²) in [6, 6.07) is 0.662. The van der Waals surface area contributed by atoms with E-state index in [4.69, 9.17) is 5.73 Å². The Morgan fingerprint density at radius 3 is 2.75 bits per heavy atom. The van der Waals surface area contributed by atoms with Gasteiger partial charge in [0.1, 0.15) is 0 Å². The summed E-state index contributed by atoms with van der Waals surface area (Å²) in [4.78, 5) is 8.44. The fourth-order valence-electron chi connectivity index (χ4n) is 2.51. The smallest absolute Gasteiger partial charge is 0.0900 e. The quantitative estimate of drug-likeness (QED) is 0.876. The van der Waals surface area contributed by atoms with Crippen LogP contribution in [0.25, 0.3) is 0 Å². The zero-order valence-electron chi connectivity index (χ0n) is 10.4. The molecule has 3 nitrogen and oxygen atoms in total. The lowest BCUT2D eigenvalue weighted by atomic mass is 10.1. The predicted octanol–water partition coefficient (Wildman–Crippen LogP) is 1.93. The molecule has 1 fully saturated rings. The van der Waals surface area contributed by atoms with Crippen LogP contribution in [0.15, 0.2) is 0 Å². The van der Waals surface area contributed by atoms with E-state index in [1.54, 1.807) is 0 Å². The molecule has 0 bridgehead atoms. The van der Waals surface area contributed by atoms with Gasteiger partial charge in [-0.05, 0) is 39.7 Å². The summed E-state index contributed by atoms with van der Waals surface area (Å²) in [7, 11) is 0. The lowest BCUT2D eigenvalue weighted by Crippen LogP contribution is -2.27. The molecule has 0 spiro atoms. The first-order valence-electron chi connectivity index (χ1n) is 5.97. The number of aryl methyl sites for hydroxylation is 2. The summed E-state index contributed by atoms with van der Waals surface area (Å²) >= 11 is 1.83. The highest BCUT2D eigenvalue weighted by atomic mass is 32.1. The average Bonchev–Trinajstić information content (AvgIpc) is 2.72. The molecule has 1 aromatic heterocycles. The SMILES string of the molecule is Cc1nc(C)c(CN2CC(CN)CC2C)s1. The third-order valence-corrected chi connectivity index (χ3v) is 4.53. The van der Waals surface area contributed by atoms with Crippen LogP contribution in [0.2, 0.25) is 0 Å². The zero-order chi connectivity index (χ0) is 11.7. The summed E-state index contributed by atoms with van der Waals surface area (Å²) in [6.07, 6.45) is 1.24. The van der Waals surface area contributed by atoms with Crippen LogP contribution >= 0.6 is 11.3 Å². The van der Waals surface area contributed by atoms with Crippen molar-refractivity contribution in [3.8, 4) is 0 Å². The number of likely N-dealkylation sites (tertiary alicyclic amines) is 1. The topological polar surface area (TPSA) is 42.2 Å². The van der Waals surface area contributed by atoms with E-state index >= 15 is 0 Å². The van der Waals surface area contributed by atoms with E-state index in [1.807, 2.05) is 11.3 Å². The Balaban J connectivity index is 2.02. The molecular formula is C12H21N3S. The van der Waals surface area contributed by atoms with E-state index < -0.39 is 0 Å². The molecule has 0 amide bonds. The number of nitrogens with zero attached hydrogens (tertiary/aromatic N) is 2. The van der Waals surface area contributed by atoms with Crippen LogP contribution in [-0.4, -0.2) is 29.0 Å². The van der Waals surface area contributed by atoms with Crippen LogP contribution in [0.4, 0.5) is 0 Å². The van der Waals surface area contributed by atoms with Gasteiger partial charge in [-0.3, -0.25) is 4.90 Å². The highest BCUT2D eigenvalue weighted by Crippen LogP contribution is 2.27. The van der Waals surface area contributed by atoms with Gasteiger partial charge in [0, 0.05) is 24.0 Å². The monoisotopic (exact) mass is 239 g/mol. The van der Waals surface area contributed by atoms with E-state index in [2.05, 4.69) is 30.7 Å². The minimum absolute atomic E-state index is 0.662. The Morgan fingerprint density at radius 1 is 1.50 bits per heavy atom. The molecule has 2 N–H and O–H groups in total. The van der Waals surface area contributed by atoms with Crippen molar-refractivity contribution in [3.63, 3.8) is 0 Å². The van der Waals surface area contributed by atoms with Crippen molar-refractivity contribution in [2.75, 3.05) is 13.1 Å². The molecule has 0 radical (unpaired) electrons. The number of hydrogen-bond acceptors (Lipinski definition) is 4. The van der Waals surface area contributed by atoms with Crippen molar-refractivity contribution in [1.82, 2.24) is 9.88 Å². The number of thiazole rings is 1. The molecule has 0 aromatic carbocycles. The maximum absolute atomic E-state index is 5.75. The molecular weight excluding hydrogens is 218 g/mol. The highest BCUT2D eigenvalue weighted by molar-refractivity contribution is 7.11. The largest absolute Gasteiger partial charge is 0.330 e. The Morgan fingerprint density at radius 2 is 2.25 bits per heavy atom. The first-order valence-corrected chi connectivity index (χ1v) is 6.78. The van der Waals surface area contributed by atoms with Crippen molar-refractivity contribution in [3.05, 3.63) is 15.6 Å². The van der Waals surface area contributed by atoms with Gasteiger partial charge >= 0.3 is 0 Å². The number of nitrogens with two attached hydrogens (primary N) is 1. The molecule has 1 aliphatic rings. The molecule has 0 saturated carbocycles. The lowest BCUT2D eigenvalue weighted by Gasteiger charge is -2.20. The van der Waals surface area contributed by atoms with Crippen LogP contribution in [0.3, 0.4) is 0 Å². The van der Waals surface area contributed by atoms with Crippen LogP contribution < -0.4 is 5.73 Å². The minimum atomic E-state index is 0.662. The molecule has 16 heavy (non-hydrogen) atoms. The second-order valence-corrected chi connectivity index (χ2v) is 6.15. The van der Waals surface area contributed by atoms with E-state index in [0.29, 0.717) is 12.0 Å². The van der Waals surface area contributed by atoms with E-state index in [0.717, 1.165) is 19.6 Å². The van der Waals surface area contributed by atoms with Gasteiger partial charge in [-0.2, -0.15) is 0 Å². The second-order valence-electron chi connectivity index (χ2n) is 4.86. The summed E-state index contributed by atoms with van der Waals surface area (Å²) in [6.45, 7) is 9.51. The highest BCUT2D eigenvalue weighted by Gasteiger charge is 2.28. The molecule has 2 unspecified atom stereocenters. The van der Waals surface area contributed by atoms with Crippen LogP contribution in [0.5, 0.6) is 0 Å². The Kier molecular flexibility index (Phi) is 3.62. The summed E-state index contributed by atoms with van der Waals surface area (Å²) in [5.74, 6) is 0.685. The maximum atomic E-state index is 5.75. The fourth-order valence-corrected chi connectivity index (χ4v) is 3.48. The molecule has 1 aromatic rings. The van der Waals surface area contributed by atoms with Gasteiger partial charge in [-0.25, -0.2) is 4.98 Å². The van der Waals surface area contributed by atoms with Gasteiger partial charge in [0.25, 0.3) is 0 Å². The fraction of sp³-hybridized carbons (Fsp3) is 0.750. The van der Waals surface area contributed by atoms with Crippen molar-refractivity contribution in [2.24, 2.45) is 11.7 Å². The van der Waals surface area contributed by atoms with E-state index in [9.17, 15) is 0 Å². The predicted molar refractivity (Wildman–Crippen MR) is 68.6 cm³/mol. The van der Waals surface area contributed by atoms with Crippen molar-refractivity contribution in [2.45, 2.75) is 39.8 Å². The zero-order valence-corrected chi connectivity index (χ0v) is 11.2. The van der Waals surface area contributed by atoms with Gasteiger partial charge in [0.05, 0.1) is 10.7 Å². The summed E-state index contributed by atoms with van der Waals surface area (Å²) in [5, 5.41) is 1.18. The van der Waals surface area contributed by atoms with E-state index in [-0.39, 0.29) is 0 Å². The lowest BCUT2D eigenvalue weighted by molar-refractivity contribution is 0.257. The third kappa shape index (κ3) is 2.44. The van der Waals surface area contributed by atoms with Crippen molar-refractivity contribution >= 4 is 11.3 Å². The van der Waals surface area contributed by atoms with Crippen LogP contribution in [0, 0.1) is 19.8 Å². The van der Waals surface area contributed by atoms with Gasteiger partial charge in [0.15, 0.2) is 0 Å². The van der Waals surface area contributed by atoms with Gasteiger partial charge in [-0.15, -0.1) is 11.3 Å². The maximum Gasteiger partial charge on any atom is 0.0900 e. The Hall–Kier alpha value is -0.450. The number of hydrogen-bond donors (Lipinski definition) is 1. The third-order valence-electron chi connectivity index (χ3n) is 3.47. The molecule has 1 aliphatic heterocycles. The minimum Gasteiger partial charge on any atom is -0.330 e. The van der Waals surface area contributed by atoms with E-state index in [1.165, 1.54) is 22.0 Å². The summed E-state index contributed by atoms with van der Waals surface area (Å²) < 4.78 is 0. The first-order chi connectivity index (χ1) is 7.60. The van der Waals surface area contributed by atoms with Gasteiger partial charge in [-0.1, -0.05) is 0 Å². The summed E-state index contributed by atoms with van der Waals surface area (Å²) in [5.41, 5.74) is 6.95. The van der Waals surface area contributed by atoms with Gasteiger partial charge in [0.2, 0.25) is 0 Å². The molecule has 2 rings (SSSR count). The normalized spacial score (nSPS) is 26.5. The molecule has 4 heteroatoms. The Bertz CT molecular complexity index is 361. The van der Waals surface area contributed by atoms with Crippen LogP contribution in [-0.2, 0) is 6.54 Å². The number of rotatable bonds is 3. The molecule has 90 valence electrons. The van der Waals surface area contributed by atoms with Crippen molar-refractivity contribution < 1.29 is 0 Å². The number of aromatic nitrogens is 1. The molecule has 1 saturated heterocycles. The standard InChI is InChI=1S/C12H21N3S/c1-8-4-11(5-13)6-15(8)7-12-9(2)14-10(3)16-12/h8,11H,4-7,13H2,1-3H3. The average molecular weight is 239 g/mol. The first kappa shape index (κ1) is 12.0. The second kappa shape index (κ2) is 4.82. The molecule has 0 aliphatic carbocycles. The van der Waals surface area contributed by atoms with Gasteiger partial charge < -0.3 is 5.73 Å². The molecule has 2 heterocycles. The molecule has 2 atom stereocenters.